The molecule has 0 aliphatic rings. The summed E-state index contributed by atoms with van der Waals surface area (Å²) in [5.41, 5.74) is 0. The van der Waals surface area contributed by atoms with Crippen molar-refractivity contribution in [3.05, 3.63) is 0 Å². The van der Waals surface area contributed by atoms with Crippen LogP contribution in [0.4, 0.5) is 0 Å². The molecule has 4 heteroatoms. The lowest BCUT2D eigenvalue weighted by atomic mass is 10.3. The molecule has 0 aliphatic heterocycles. The predicted octanol–water partition coefficient (Wildman–Crippen LogP) is 3.70. The molecule has 0 amide bonds. The Morgan fingerprint density at radius 1 is 0.867 bits per heavy atom. The molecule has 0 aromatic heterocycles. The Balaban J connectivity index is 3.60. The van der Waals surface area contributed by atoms with Gasteiger partial charge in [0.05, 0.1) is 5.08 Å². The molecular formula is C11H26N2S2. The van der Waals surface area contributed by atoms with Crippen molar-refractivity contribution < 1.29 is 0 Å². The molecule has 0 bridgehead atoms. The van der Waals surface area contributed by atoms with Crippen molar-refractivity contribution in [3.8, 4) is 0 Å². The van der Waals surface area contributed by atoms with Gasteiger partial charge in [-0.25, -0.2) is 0 Å². The highest BCUT2D eigenvalue weighted by Crippen LogP contribution is 2.22. The number of nitrogens with zero attached hydrogens (tertiary/aromatic N) is 2. The molecule has 2 unspecified atom stereocenters. The van der Waals surface area contributed by atoms with Gasteiger partial charge in [-0.2, -0.15) is 0 Å². The average molecular weight is 250 g/mol. The average Bonchev–Trinajstić information content (AvgIpc) is 2.26. The van der Waals surface area contributed by atoms with Crippen molar-refractivity contribution in [1.82, 2.24) is 8.61 Å². The molecule has 0 saturated carbocycles. The van der Waals surface area contributed by atoms with E-state index in [9.17, 15) is 0 Å². The summed E-state index contributed by atoms with van der Waals surface area (Å²) in [6, 6.07) is 1.34. The van der Waals surface area contributed by atoms with Gasteiger partial charge in [0, 0.05) is 12.1 Å². The van der Waals surface area contributed by atoms with Crippen molar-refractivity contribution in [2.45, 2.75) is 52.6 Å². The summed E-state index contributed by atoms with van der Waals surface area (Å²) in [6.07, 6.45) is 2.44. The lowest BCUT2D eigenvalue weighted by Gasteiger charge is -2.25. The van der Waals surface area contributed by atoms with Crippen molar-refractivity contribution in [2.24, 2.45) is 0 Å². The first-order chi connectivity index (χ1) is 7.02. The topological polar surface area (TPSA) is 6.48 Å². The van der Waals surface area contributed by atoms with Crippen LogP contribution in [0.15, 0.2) is 0 Å². The van der Waals surface area contributed by atoms with E-state index in [2.05, 4.69) is 50.4 Å². The summed E-state index contributed by atoms with van der Waals surface area (Å²) >= 11 is 3.84. The van der Waals surface area contributed by atoms with Crippen LogP contribution in [-0.2, 0) is 0 Å². The fourth-order valence-electron chi connectivity index (χ4n) is 0.959. The van der Waals surface area contributed by atoms with E-state index in [1.165, 1.54) is 12.8 Å². The zero-order chi connectivity index (χ0) is 11.8. The van der Waals surface area contributed by atoms with E-state index in [0.717, 1.165) is 5.08 Å². The normalized spacial score (nSPS) is 16.0. The maximum atomic E-state index is 2.36. The summed E-state index contributed by atoms with van der Waals surface area (Å²) in [7, 11) is 4.37. The third-order valence-electron chi connectivity index (χ3n) is 2.94. The molecule has 0 rings (SSSR count). The van der Waals surface area contributed by atoms with Gasteiger partial charge >= 0.3 is 0 Å². The first-order valence-electron chi connectivity index (χ1n) is 5.74. The van der Waals surface area contributed by atoms with Crippen LogP contribution in [0, 0.1) is 0 Å². The molecular weight excluding hydrogens is 224 g/mol. The molecule has 0 spiro atoms. The lowest BCUT2D eigenvalue weighted by Crippen LogP contribution is -2.24. The minimum absolute atomic E-state index is 0.671. The highest BCUT2D eigenvalue weighted by molar-refractivity contribution is 8.13. The van der Waals surface area contributed by atoms with Gasteiger partial charge < -0.3 is 0 Å². The fourth-order valence-corrected chi connectivity index (χ4v) is 3.28. The van der Waals surface area contributed by atoms with Crippen LogP contribution in [0.3, 0.4) is 0 Å². The summed E-state index contributed by atoms with van der Waals surface area (Å²) < 4.78 is 4.72. The van der Waals surface area contributed by atoms with Gasteiger partial charge in [0.2, 0.25) is 0 Å². The van der Waals surface area contributed by atoms with Gasteiger partial charge in [0.15, 0.2) is 0 Å². The van der Waals surface area contributed by atoms with Crippen LogP contribution >= 0.6 is 23.9 Å². The van der Waals surface area contributed by atoms with E-state index in [0.29, 0.717) is 12.1 Å². The van der Waals surface area contributed by atoms with Crippen molar-refractivity contribution in [3.63, 3.8) is 0 Å². The van der Waals surface area contributed by atoms with E-state index >= 15 is 0 Å². The van der Waals surface area contributed by atoms with Crippen LogP contribution in [0.5, 0.6) is 0 Å². The number of rotatable bonds is 8. The van der Waals surface area contributed by atoms with Crippen molar-refractivity contribution in [1.29, 1.82) is 0 Å². The Morgan fingerprint density at radius 3 is 1.47 bits per heavy atom. The first kappa shape index (κ1) is 15.6. The largest absolute Gasteiger partial charge is 0.250 e. The van der Waals surface area contributed by atoms with Crippen LogP contribution in [0.1, 0.15) is 40.5 Å². The number of hydrogen-bond acceptors (Lipinski definition) is 4. The van der Waals surface area contributed by atoms with Crippen molar-refractivity contribution >= 4 is 23.9 Å². The molecule has 0 aromatic carbocycles. The smallest absolute Gasteiger partial charge is 0.0687 e. The monoisotopic (exact) mass is 250 g/mol. The van der Waals surface area contributed by atoms with E-state index in [-0.39, 0.29) is 0 Å². The standard InChI is InChI=1S/C11H26N2S2/c1-7-10(3)12(5)14-9-15-13(6)11(4)8-2/h10-11H,7-9H2,1-6H3. The van der Waals surface area contributed by atoms with Crippen LogP contribution in [0.2, 0.25) is 0 Å². The third-order valence-corrected chi connectivity index (χ3v) is 5.31. The summed E-state index contributed by atoms with van der Waals surface area (Å²) in [4.78, 5) is 0. The minimum Gasteiger partial charge on any atom is -0.250 e. The van der Waals surface area contributed by atoms with E-state index < -0.39 is 0 Å². The van der Waals surface area contributed by atoms with Gasteiger partial charge in [-0.15, -0.1) is 0 Å². The molecule has 0 fully saturated rings. The summed E-state index contributed by atoms with van der Waals surface area (Å²) in [6.45, 7) is 9.02. The van der Waals surface area contributed by atoms with Gasteiger partial charge in [-0.3, -0.25) is 8.61 Å². The maximum Gasteiger partial charge on any atom is 0.0687 e. The van der Waals surface area contributed by atoms with E-state index in [1.54, 1.807) is 0 Å². The van der Waals surface area contributed by atoms with Crippen LogP contribution < -0.4 is 0 Å². The van der Waals surface area contributed by atoms with Gasteiger partial charge in [0.1, 0.15) is 0 Å². The Kier molecular flexibility index (Phi) is 9.10. The SMILES string of the molecule is CCC(C)N(C)SCSN(C)C(C)CC. The molecule has 92 valence electrons. The zero-order valence-electron chi connectivity index (χ0n) is 11.0. The molecule has 0 aromatic rings. The van der Waals surface area contributed by atoms with E-state index in [1.807, 2.05) is 23.9 Å². The van der Waals surface area contributed by atoms with Gasteiger partial charge in [-0.05, 0) is 40.8 Å². The maximum absolute atomic E-state index is 2.36. The predicted molar refractivity (Wildman–Crippen MR) is 75.1 cm³/mol. The fraction of sp³-hybridized carbons (Fsp3) is 1.00. The Labute approximate surface area is 104 Å². The van der Waals surface area contributed by atoms with Gasteiger partial charge in [-0.1, -0.05) is 37.7 Å². The highest BCUT2D eigenvalue weighted by atomic mass is 32.2. The second-order valence-electron chi connectivity index (χ2n) is 3.98. The molecule has 0 radical (unpaired) electrons. The Morgan fingerprint density at radius 2 is 1.20 bits per heavy atom. The molecule has 2 atom stereocenters. The van der Waals surface area contributed by atoms with Crippen LogP contribution in [0.25, 0.3) is 0 Å². The van der Waals surface area contributed by atoms with E-state index in [4.69, 9.17) is 0 Å². The minimum atomic E-state index is 0.671. The third kappa shape index (κ3) is 6.72. The highest BCUT2D eigenvalue weighted by Gasteiger charge is 2.10. The van der Waals surface area contributed by atoms with Crippen molar-refractivity contribution in [2.75, 3.05) is 19.2 Å². The Bertz CT molecular complexity index is 140. The number of hydrogen-bond donors (Lipinski definition) is 0. The zero-order valence-corrected chi connectivity index (χ0v) is 12.6. The second kappa shape index (κ2) is 8.74. The van der Waals surface area contributed by atoms with Gasteiger partial charge in [0.25, 0.3) is 0 Å². The molecule has 0 aliphatic carbocycles. The summed E-state index contributed by atoms with van der Waals surface area (Å²) in [5, 5.41) is 1.11. The second-order valence-corrected chi connectivity index (χ2v) is 6.59. The summed E-state index contributed by atoms with van der Waals surface area (Å²) in [5.74, 6) is 0. The molecule has 0 N–H and O–H groups in total. The quantitative estimate of drug-likeness (QED) is 0.478. The molecule has 2 nitrogen and oxygen atoms in total. The molecule has 0 saturated heterocycles. The Hall–Kier alpha value is 0.620. The molecule has 0 heterocycles. The molecule has 15 heavy (non-hydrogen) atoms. The van der Waals surface area contributed by atoms with Crippen LogP contribution in [-0.4, -0.2) is 39.9 Å². The first-order valence-corrected chi connectivity index (χ1v) is 7.62. The lowest BCUT2D eigenvalue weighted by molar-refractivity contribution is 0.423.